The first-order chi connectivity index (χ1) is 9.61. The van der Waals surface area contributed by atoms with Crippen LogP contribution in [0.25, 0.3) is 0 Å². The summed E-state index contributed by atoms with van der Waals surface area (Å²) < 4.78 is 16.1. The van der Waals surface area contributed by atoms with Gasteiger partial charge in [0.1, 0.15) is 12.2 Å². The lowest BCUT2D eigenvalue weighted by Gasteiger charge is -2.16. The van der Waals surface area contributed by atoms with Gasteiger partial charge < -0.3 is 19.9 Å². The summed E-state index contributed by atoms with van der Waals surface area (Å²) >= 11 is 6.11. The Morgan fingerprint density at radius 1 is 1.55 bits per heavy atom. The molecule has 1 fully saturated rings. The van der Waals surface area contributed by atoms with Crippen molar-refractivity contribution in [3.63, 3.8) is 0 Å². The van der Waals surface area contributed by atoms with E-state index in [1.165, 1.54) is 6.07 Å². The van der Waals surface area contributed by atoms with E-state index >= 15 is 0 Å². The van der Waals surface area contributed by atoms with Gasteiger partial charge in [-0.1, -0.05) is 11.6 Å². The smallest absolute Gasteiger partial charge is 0.342 e. The van der Waals surface area contributed by atoms with Crippen molar-refractivity contribution in [1.29, 1.82) is 0 Å². The highest BCUT2D eigenvalue weighted by Gasteiger charge is 2.21. The van der Waals surface area contributed by atoms with Crippen molar-refractivity contribution in [1.82, 2.24) is 0 Å². The number of esters is 1. The summed E-state index contributed by atoms with van der Waals surface area (Å²) in [6.07, 6.45) is 2.01. The quantitative estimate of drug-likeness (QED) is 0.668. The van der Waals surface area contributed by atoms with Crippen molar-refractivity contribution in [3.8, 4) is 5.75 Å². The number of carbonyl (C=O) groups is 1. The molecule has 110 valence electrons. The van der Waals surface area contributed by atoms with Crippen molar-refractivity contribution in [2.45, 2.75) is 25.9 Å². The van der Waals surface area contributed by atoms with Crippen LogP contribution in [0.1, 0.15) is 30.1 Å². The second-order valence-electron chi connectivity index (χ2n) is 4.55. The summed E-state index contributed by atoms with van der Waals surface area (Å²) in [4.78, 5) is 11.9. The fourth-order valence-electron chi connectivity index (χ4n) is 2.07. The highest BCUT2D eigenvalue weighted by Crippen LogP contribution is 2.32. The number of halogens is 1. The number of rotatable bonds is 5. The van der Waals surface area contributed by atoms with E-state index in [1.807, 2.05) is 0 Å². The third-order valence-corrected chi connectivity index (χ3v) is 3.28. The van der Waals surface area contributed by atoms with Gasteiger partial charge in [0.2, 0.25) is 0 Å². The lowest BCUT2D eigenvalue weighted by atomic mass is 10.1. The predicted octanol–water partition coefficient (Wildman–Crippen LogP) is 2.66. The van der Waals surface area contributed by atoms with Crippen LogP contribution in [0.5, 0.6) is 5.75 Å². The van der Waals surface area contributed by atoms with Crippen molar-refractivity contribution in [2.24, 2.45) is 0 Å². The van der Waals surface area contributed by atoms with E-state index in [9.17, 15) is 4.79 Å². The van der Waals surface area contributed by atoms with Crippen molar-refractivity contribution in [2.75, 3.05) is 25.6 Å². The Kier molecular flexibility index (Phi) is 5.09. The zero-order valence-corrected chi connectivity index (χ0v) is 12.1. The van der Waals surface area contributed by atoms with Crippen LogP contribution in [0.3, 0.4) is 0 Å². The highest BCUT2D eigenvalue weighted by atomic mass is 35.5. The molecule has 1 aliphatic heterocycles. The molecule has 5 nitrogen and oxygen atoms in total. The van der Waals surface area contributed by atoms with E-state index in [0.717, 1.165) is 19.4 Å². The molecule has 1 atom stereocenters. The Bertz CT molecular complexity index is 486. The Morgan fingerprint density at radius 2 is 2.35 bits per heavy atom. The predicted molar refractivity (Wildman–Crippen MR) is 76.3 cm³/mol. The molecule has 0 saturated carbocycles. The van der Waals surface area contributed by atoms with Gasteiger partial charge in [0.15, 0.2) is 5.75 Å². The van der Waals surface area contributed by atoms with Gasteiger partial charge in [-0.2, -0.15) is 0 Å². The van der Waals surface area contributed by atoms with Gasteiger partial charge in [0.05, 0.1) is 17.7 Å². The third-order valence-electron chi connectivity index (χ3n) is 3.00. The first-order valence-corrected chi connectivity index (χ1v) is 7.00. The number of ether oxygens (including phenoxy) is 3. The lowest BCUT2D eigenvalue weighted by Crippen LogP contribution is -2.18. The monoisotopic (exact) mass is 299 g/mol. The molecule has 20 heavy (non-hydrogen) atoms. The Labute approximate surface area is 122 Å². The SMILES string of the molecule is CCOC(=O)c1cc(N)cc(Cl)c1OCC1CCCO1. The summed E-state index contributed by atoms with van der Waals surface area (Å²) in [6.45, 7) is 3.11. The first kappa shape index (κ1) is 14.9. The van der Waals surface area contributed by atoms with Gasteiger partial charge >= 0.3 is 5.97 Å². The zero-order chi connectivity index (χ0) is 14.5. The molecule has 1 unspecified atom stereocenters. The van der Waals surface area contributed by atoms with Crippen molar-refractivity contribution >= 4 is 23.3 Å². The van der Waals surface area contributed by atoms with Gasteiger partial charge in [-0.05, 0) is 31.9 Å². The molecule has 0 aromatic heterocycles. The van der Waals surface area contributed by atoms with Crippen LogP contribution >= 0.6 is 11.6 Å². The molecule has 0 spiro atoms. The first-order valence-electron chi connectivity index (χ1n) is 6.62. The van der Waals surface area contributed by atoms with Crippen LogP contribution in [0.4, 0.5) is 5.69 Å². The molecule has 0 radical (unpaired) electrons. The molecule has 2 N–H and O–H groups in total. The summed E-state index contributed by atoms with van der Waals surface area (Å²) in [6, 6.07) is 3.06. The van der Waals surface area contributed by atoms with Crippen LogP contribution in [0, 0.1) is 0 Å². The molecule has 1 aliphatic rings. The number of nitrogen functional groups attached to an aromatic ring is 1. The van der Waals surface area contributed by atoms with Gasteiger partial charge in [-0.15, -0.1) is 0 Å². The normalized spacial score (nSPS) is 18.0. The fourth-order valence-corrected chi connectivity index (χ4v) is 2.36. The van der Waals surface area contributed by atoms with Gasteiger partial charge in [-0.25, -0.2) is 4.79 Å². The average molecular weight is 300 g/mol. The second kappa shape index (κ2) is 6.81. The number of hydrogen-bond acceptors (Lipinski definition) is 5. The summed E-state index contributed by atoms with van der Waals surface area (Å²) in [5.74, 6) is -0.196. The fraction of sp³-hybridized carbons (Fsp3) is 0.500. The standard InChI is InChI=1S/C14H18ClNO4/c1-2-18-14(17)11-6-9(16)7-12(15)13(11)20-8-10-4-3-5-19-10/h6-7,10H,2-5,8,16H2,1H3. The van der Waals surface area contributed by atoms with Crippen LogP contribution in [0.15, 0.2) is 12.1 Å². The number of nitrogens with two attached hydrogens (primary N) is 1. The number of carbonyl (C=O) groups excluding carboxylic acids is 1. The van der Waals surface area contributed by atoms with E-state index in [-0.39, 0.29) is 18.3 Å². The second-order valence-corrected chi connectivity index (χ2v) is 4.95. The molecule has 1 aromatic carbocycles. The van der Waals surface area contributed by atoms with E-state index < -0.39 is 5.97 Å². The topological polar surface area (TPSA) is 70.8 Å². The Hall–Kier alpha value is -1.46. The highest BCUT2D eigenvalue weighted by molar-refractivity contribution is 6.33. The number of anilines is 1. The van der Waals surface area contributed by atoms with Gasteiger partial charge in [0, 0.05) is 12.3 Å². The van der Waals surface area contributed by atoms with Gasteiger partial charge in [0.25, 0.3) is 0 Å². The van der Waals surface area contributed by atoms with E-state index in [1.54, 1.807) is 13.0 Å². The molecule has 1 heterocycles. The maximum atomic E-state index is 11.9. The van der Waals surface area contributed by atoms with Crippen LogP contribution in [-0.4, -0.2) is 31.9 Å². The minimum atomic E-state index is -0.496. The van der Waals surface area contributed by atoms with E-state index in [4.69, 9.17) is 31.5 Å². The maximum Gasteiger partial charge on any atom is 0.342 e. The zero-order valence-electron chi connectivity index (χ0n) is 11.4. The average Bonchev–Trinajstić information content (AvgIpc) is 2.90. The number of hydrogen-bond donors (Lipinski definition) is 1. The molecule has 6 heteroatoms. The third kappa shape index (κ3) is 3.55. The maximum absolute atomic E-state index is 11.9. The summed E-state index contributed by atoms with van der Waals surface area (Å²) in [5.41, 5.74) is 6.34. The summed E-state index contributed by atoms with van der Waals surface area (Å²) in [5, 5.41) is 0.297. The minimum Gasteiger partial charge on any atom is -0.488 e. The van der Waals surface area contributed by atoms with E-state index in [0.29, 0.717) is 23.1 Å². The molecular weight excluding hydrogens is 282 g/mol. The Balaban J connectivity index is 2.17. The molecule has 0 amide bonds. The van der Waals surface area contributed by atoms with Crippen molar-refractivity contribution < 1.29 is 19.0 Å². The number of benzene rings is 1. The molecule has 0 aliphatic carbocycles. The molecular formula is C14H18ClNO4. The summed E-state index contributed by atoms with van der Waals surface area (Å²) in [7, 11) is 0. The van der Waals surface area contributed by atoms with Crippen LogP contribution in [-0.2, 0) is 9.47 Å². The molecule has 2 rings (SSSR count). The molecule has 1 saturated heterocycles. The molecule has 1 aromatic rings. The van der Waals surface area contributed by atoms with Gasteiger partial charge in [-0.3, -0.25) is 0 Å². The minimum absolute atomic E-state index is 0.0404. The molecule has 0 bridgehead atoms. The lowest BCUT2D eigenvalue weighted by molar-refractivity contribution is 0.0504. The Morgan fingerprint density at radius 3 is 3.00 bits per heavy atom. The van der Waals surface area contributed by atoms with Crippen LogP contribution in [0.2, 0.25) is 5.02 Å². The van der Waals surface area contributed by atoms with E-state index in [2.05, 4.69) is 0 Å². The van der Waals surface area contributed by atoms with Crippen molar-refractivity contribution in [3.05, 3.63) is 22.7 Å². The largest absolute Gasteiger partial charge is 0.488 e. The van der Waals surface area contributed by atoms with Crippen LogP contribution < -0.4 is 10.5 Å².